The number of hydrogen-bond donors (Lipinski definition) is 1. The first kappa shape index (κ1) is 36.9. The van der Waals surface area contributed by atoms with E-state index >= 15 is 0 Å². The number of sulfonamides is 1. The second-order valence-electron chi connectivity index (χ2n) is 12.0. The van der Waals surface area contributed by atoms with Crippen molar-refractivity contribution in [2.24, 2.45) is 0 Å². The largest absolute Gasteiger partial charge is 0.493 e. The highest BCUT2D eigenvalue weighted by Gasteiger charge is 2.36. The van der Waals surface area contributed by atoms with Crippen molar-refractivity contribution in [3.8, 4) is 11.5 Å². The third-order valence-electron chi connectivity index (χ3n) is 8.66. The monoisotopic (exact) mass is 741 g/mol. The van der Waals surface area contributed by atoms with Crippen LogP contribution in [0.5, 0.6) is 11.5 Å². The van der Waals surface area contributed by atoms with Gasteiger partial charge in [0.2, 0.25) is 11.8 Å². The maximum atomic E-state index is 14.7. The third kappa shape index (κ3) is 8.88. The molecular formula is C37H38Cl2FN3O6S. The van der Waals surface area contributed by atoms with Crippen molar-refractivity contribution < 1.29 is 31.9 Å². The number of carbonyl (C=O) groups excluding carboxylic acids is 2. The van der Waals surface area contributed by atoms with E-state index in [2.05, 4.69) is 5.32 Å². The Bertz CT molecular complexity index is 1910. The van der Waals surface area contributed by atoms with Crippen molar-refractivity contribution in [3.05, 3.63) is 118 Å². The minimum absolute atomic E-state index is 0.0361. The molecule has 0 aromatic heterocycles. The lowest BCUT2D eigenvalue weighted by molar-refractivity contribution is -0.140. The van der Waals surface area contributed by atoms with E-state index < -0.39 is 34.3 Å². The molecule has 1 aliphatic carbocycles. The number of carbonyl (C=O) groups is 2. The molecule has 0 bridgehead atoms. The van der Waals surface area contributed by atoms with Crippen LogP contribution in [0.25, 0.3) is 0 Å². The van der Waals surface area contributed by atoms with Crippen LogP contribution in [0.3, 0.4) is 0 Å². The lowest BCUT2D eigenvalue weighted by atomic mass is 10.0. The molecule has 0 unspecified atom stereocenters. The maximum Gasteiger partial charge on any atom is 0.264 e. The Morgan fingerprint density at radius 2 is 1.58 bits per heavy atom. The van der Waals surface area contributed by atoms with Crippen LogP contribution < -0.4 is 19.1 Å². The van der Waals surface area contributed by atoms with Gasteiger partial charge in [-0.25, -0.2) is 12.8 Å². The molecule has 9 nitrogen and oxygen atoms in total. The predicted octanol–water partition coefficient (Wildman–Crippen LogP) is 7.04. The molecule has 1 atom stereocenters. The van der Waals surface area contributed by atoms with Gasteiger partial charge in [0.15, 0.2) is 11.5 Å². The molecule has 5 rings (SSSR count). The van der Waals surface area contributed by atoms with Gasteiger partial charge < -0.3 is 19.7 Å². The van der Waals surface area contributed by atoms with Gasteiger partial charge in [-0.1, -0.05) is 72.4 Å². The zero-order valence-corrected chi connectivity index (χ0v) is 30.0. The summed E-state index contributed by atoms with van der Waals surface area (Å²) >= 11 is 12.8. The molecular weight excluding hydrogens is 704 g/mol. The average Bonchev–Trinajstić information content (AvgIpc) is 3.63. The SMILES string of the molecule is COc1ccc(S(=O)(=O)N(CC(=O)N(Cc2ccc(Cl)cc2Cl)[C@H](Cc2ccccc2)C(=O)NC2CCCC2)c2ccc(F)cc2)cc1OC. The average molecular weight is 743 g/mol. The molecule has 1 aliphatic rings. The van der Waals surface area contributed by atoms with Crippen LogP contribution in [0.15, 0.2) is 95.9 Å². The Morgan fingerprint density at radius 1 is 0.900 bits per heavy atom. The van der Waals surface area contributed by atoms with Crippen molar-refractivity contribution in [1.29, 1.82) is 0 Å². The van der Waals surface area contributed by atoms with Gasteiger partial charge in [-0.15, -0.1) is 0 Å². The van der Waals surface area contributed by atoms with E-state index in [1.807, 2.05) is 30.3 Å². The Balaban J connectivity index is 1.60. The molecule has 50 heavy (non-hydrogen) atoms. The number of amides is 2. The minimum Gasteiger partial charge on any atom is -0.493 e. The van der Waals surface area contributed by atoms with Crippen LogP contribution in [0.2, 0.25) is 10.0 Å². The molecule has 0 radical (unpaired) electrons. The summed E-state index contributed by atoms with van der Waals surface area (Å²) in [6, 6.07) is 21.8. The Kier molecular flexibility index (Phi) is 12.3. The topological polar surface area (TPSA) is 105 Å². The van der Waals surface area contributed by atoms with E-state index in [0.29, 0.717) is 16.3 Å². The van der Waals surface area contributed by atoms with Gasteiger partial charge in [0.05, 0.1) is 24.8 Å². The fourth-order valence-electron chi connectivity index (χ4n) is 6.00. The van der Waals surface area contributed by atoms with Crippen LogP contribution >= 0.6 is 23.2 Å². The molecule has 264 valence electrons. The van der Waals surface area contributed by atoms with Crippen molar-refractivity contribution >= 4 is 50.7 Å². The predicted molar refractivity (Wildman–Crippen MR) is 192 cm³/mol. The van der Waals surface area contributed by atoms with Crippen LogP contribution in [0.1, 0.15) is 36.8 Å². The van der Waals surface area contributed by atoms with E-state index in [0.717, 1.165) is 47.7 Å². The quantitative estimate of drug-likeness (QED) is 0.149. The van der Waals surface area contributed by atoms with Crippen LogP contribution in [0.4, 0.5) is 10.1 Å². The highest BCUT2D eigenvalue weighted by molar-refractivity contribution is 7.92. The molecule has 4 aromatic carbocycles. The van der Waals surface area contributed by atoms with Gasteiger partial charge >= 0.3 is 0 Å². The van der Waals surface area contributed by atoms with Crippen LogP contribution in [0, 0.1) is 5.82 Å². The van der Waals surface area contributed by atoms with Gasteiger partial charge in [-0.3, -0.25) is 13.9 Å². The molecule has 1 N–H and O–H groups in total. The lowest BCUT2D eigenvalue weighted by Gasteiger charge is -2.34. The molecule has 1 fully saturated rings. The number of anilines is 1. The van der Waals surface area contributed by atoms with Crippen molar-refractivity contribution in [3.63, 3.8) is 0 Å². The smallest absolute Gasteiger partial charge is 0.264 e. The fourth-order valence-corrected chi connectivity index (χ4v) is 7.89. The van der Waals surface area contributed by atoms with E-state index in [1.54, 1.807) is 12.1 Å². The van der Waals surface area contributed by atoms with Crippen LogP contribution in [-0.2, 0) is 32.6 Å². The Hall–Kier alpha value is -4.32. The highest BCUT2D eigenvalue weighted by Crippen LogP contribution is 2.33. The zero-order valence-electron chi connectivity index (χ0n) is 27.7. The summed E-state index contributed by atoms with van der Waals surface area (Å²) in [5, 5.41) is 3.79. The van der Waals surface area contributed by atoms with Gasteiger partial charge in [0.1, 0.15) is 18.4 Å². The molecule has 4 aromatic rings. The number of halogens is 3. The number of rotatable bonds is 14. The summed E-state index contributed by atoms with van der Waals surface area (Å²) < 4.78 is 54.3. The second kappa shape index (κ2) is 16.6. The van der Waals surface area contributed by atoms with E-state index in [4.69, 9.17) is 32.7 Å². The van der Waals surface area contributed by atoms with Gasteiger partial charge in [0.25, 0.3) is 10.0 Å². The number of hydrogen-bond acceptors (Lipinski definition) is 6. The molecule has 0 aliphatic heterocycles. The summed E-state index contributed by atoms with van der Waals surface area (Å²) in [6.07, 6.45) is 3.76. The van der Waals surface area contributed by atoms with Gasteiger partial charge in [0, 0.05) is 35.1 Å². The minimum atomic E-state index is -4.48. The van der Waals surface area contributed by atoms with E-state index in [1.165, 1.54) is 55.5 Å². The van der Waals surface area contributed by atoms with Gasteiger partial charge in [-0.2, -0.15) is 0 Å². The molecule has 13 heteroatoms. The Labute approximate surface area is 301 Å². The van der Waals surface area contributed by atoms with E-state index in [-0.39, 0.29) is 46.3 Å². The lowest BCUT2D eigenvalue weighted by Crippen LogP contribution is -2.54. The number of nitrogens with one attached hydrogen (secondary N) is 1. The first-order valence-electron chi connectivity index (χ1n) is 16.1. The van der Waals surface area contributed by atoms with E-state index in [9.17, 15) is 22.4 Å². The second-order valence-corrected chi connectivity index (χ2v) is 14.7. The number of benzene rings is 4. The molecule has 0 spiro atoms. The molecule has 0 heterocycles. The fraction of sp³-hybridized carbons (Fsp3) is 0.297. The summed E-state index contributed by atoms with van der Waals surface area (Å²) in [5.41, 5.74) is 1.34. The first-order chi connectivity index (χ1) is 24.0. The molecule has 0 saturated heterocycles. The standard InChI is InChI=1S/C37H38Cl2FN3O6S/c1-48-34-19-18-31(22-35(34)49-2)50(46,47)43(30-16-14-28(40)15-17-30)24-36(44)42(23-26-12-13-27(38)21-32(26)39)33(20-25-8-4-3-5-9-25)37(45)41-29-10-6-7-11-29/h3-5,8-9,12-19,21-22,29,33H,6-7,10-11,20,23-24H2,1-2H3,(H,41,45)/t33-/m1/s1. The third-order valence-corrected chi connectivity index (χ3v) is 11.0. The van der Waals surface area contributed by atoms with Crippen molar-refractivity contribution in [1.82, 2.24) is 10.2 Å². The molecule has 1 saturated carbocycles. The van der Waals surface area contributed by atoms with Gasteiger partial charge in [-0.05, 0) is 72.5 Å². The maximum absolute atomic E-state index is 14.7. The number of ether oxygens (including phenoxy) is 2. The normalized spacial score (nSPS) is 13.8. The summed E-state index contributed by atoms with van der Waals surface area (Å²) in [6.45, 7) is -0.854. The molecule has 2 amide bonds. The zero-order chi connectivity index (χ0) is 35.8. The summed E-state index contributed by atoms with van der Waals surface area (Å²) in [5.74, 6) is -1.18. The van der Waals surface area contributed by atoms with Crippen molar-refractivity contribution in [2.75, 3.05) is 25.1 Å². The number of methoxy groups -OCH3 is 2. The summed E-state index contributed by atoms with van der Waals surface area (Å²) in [4.78, 5) is 30.0. The Morgan fingerprint density at radius 3 is 2.22 bits per heavy atom. The van der Waals surface area contributed by atoms with Crippen molar-refractivity contribution in [2.45, 2.75) is 55.6 Å². The summed E-state index contributed by atoms with van der Waals surface area (Å²) in [7, 11) is -1.68. The first-order valence-corrected chi connectivity index (χ1v) is 18.3. The highest BCUT2D eigenvalue weighted by atomic mass is 35.5. The van der Waals surface area contributed by atoms with Crippen LogP contribution in [-0.4, -0.2) is 58.0 Å². The number of nitrogens with zero attached hydrogens (tertiary/aromatic N) is 2.